The molecule has 0 saturated carbocycles. The van der Waals surface area contributed by atoms with Crippen molar-refractivity contribution in [1.29, 1.82) is 0 Å². The third-order valence-electron chi connectivity index (χ3n) is 2.57. The maximum Gasteiger partial charge on any atom is 0.222 e. The summed E-state index contributed by atoms with van der Waals surface area (Å²) in [6.07, 6.45) is 5.56. The third kappa shape index (κ3) is 2.01. The van der Waals surface area contributed by atoms with Crippen LogP contribution in [0.3, 0.4) is 0 Å². The highest BCUT2D eigenvalue weighted by molar-refractivity contribution is 5.24. The lowest BCUT2D eigenvalue weighted by molar-refractivity contribution is 0.405. The summed E-state index contributed by atoms with van der Waals surface area (Å²) < 4.78 is 0. The molecule has 0 aromatic carbocycles. The molecule has 1 aromatic heterocycles. The van der Waals surface area contributed by atoms with Crippen LogP contribution in [-0.2, 0) is 0 Å². The Hall–Kier alpha value is -1.16. The summed E-state index contributed by atoms with van der Waals surface area (Å²) in [5.41, 5.74) is 1.10. The maximum atomic E-state index is 4.43. The molecular weight excluding hydrogens is 176 g/mol. The predicted octanol–water partition coefficient (Wildman–Crippen LogP) is 1.33. The molecule has 2 heterocycles. The van der Waals surface area contributed by atoms with Crippen molar-refractivity contribution in [3.05, 3.63) is 18.0 Å². The van der Waals surface area contributed by atoms with Crippen LogP contribution in [0.2, 0.25) is 0 Å². The summed E-state index contributed by atoms with van der Waals surface area (Å²) in [6.45, 7) is 1.10. The Balaban J connectivity index is 2.13. The van der Waals surface area contributed by atoms with Gasteiger partial charge in [-0.15, -0.1) is 0 Å². The van der Waals surface area contributed by atoms with Crippen molar-refractivity contribution in [3.63, 3.8) is 0 Å². The van der Waals surface area contributed by atoms with E-state index in [1.165, 1.54) is 19.3 Å². The van der Waals surface area contributed by atoms with Crippen LogP contribution < -0.4 is 10.6 Å². The van der Waals surface area contributed by atoms with E-state index in [2.05, 4.69) is 20.6 Å². The average molecular weight is 192 g/mol. The van der Waals surface area contributed by atoms with Crippen LogP contribution in [0, 0.1) is 0 Å². The highest BCUT2D eigenvalue weighted by Crippen LogP contribution is 2.21. The molecule has 1 fully saturated rings. The maximum absolute atomic E-state index is 4.43. The van der Waals surface area contributed by atoms with Crippen LogP contribution in [0.25, 0.3) is 0 Å². The van der Waals surface area contributed by atoms with Gasteiger partial charge in [-0.2, -0.15) is 0 Å². The molecule has 0 spiro atoms. The topological polar surface area (TPSA) is 49.8 Å². The fourth-order valence-corrected chi connectivity index (χ4v) is 1.79. The summed E-state index contributed by atoms with van der Waals surface area (Å²) in [5.74, 6) is 0.704. The van der Waals surface area contributed by atoms with E-state index in [0.717, 1.165) is 12.2 Å². The normalized spacial score (nSPS) is 21.9. The van der Waals surface area contributed by atoms with E-state index in [1.807, 2.05) is 19.3 Å². The molecule has 14 heavy (non-hydrogen) atoms. The molecule has 1 aliphatic heterocycles. The minimum atomic E-state index is 0.416. The van der Waals surface area contributed by atoms with Crippen molar-refractivity contribution in [2.45, 2.75) is 25.3 Å². The van der Waals surface area contributed by atoms with E-state index >= 15 is 0 Å². The van der Waals surface area contributed by atoms with Crippen LogP contribution in [0.15, 0.2) is 12.3 Å². The van der Waals surface area contributed by atoms with Gasteiger partial charge in [-0.25, -0.2) is 9.97 Å². The van der Waals surface area contributed by atoms with Gasteiger partial charge in [0, 0.05) is 19.3 Å². The van der Waals surface area contributed by atoms with E-state index in [-0.39, 0.29) is 0 Å². The molecule has 0 amide bonds. The second-order valence-corrected chi connectivity index (χ2v) is 3.56. The Kier molecular flexibility index (Phi) is 2.93. The first-order valence-corrected chi connectivity index (χ1v) is 5.14. The number of piperidine rings is 1. The van der Waals surface area contributed by atoms with Gasteiger partial charge in [-0.1, -0.05) is 6.42 Å². The molecule has 76 valence electrons. The zero-order valence-electron chi connectivity index (χ0n) is 8.45. The van der Waals surface area contributed by atoms with Gasteiger partial charge in [0.05, 0.1) is 5.69 Å². The zero-order valence-corrected chi connectivity index (χ0v) is 8.45. The van der Waals surface area contributed by atoms with Gasteiger partial charge in [0.25, 0.3) is 0 Å². The number of aromatic nitrogens is 2. The van der Waals surface area contributed by atoms with E-state index in [9.17, 15) is 0 Å². The summed E-state index contributed by atoms with van der Waals surface area (Å²) >= 11 is 0. The van der Waals surface area contributed by atoms with Crippen LogP contribution in [-0.4, -0.2) is 23.6 Å². The number of nitrogens with zero attached hydrogens (tertiary/aromatic N) is 2. The number of anilines is 1. The quantitative estimate of drug-likeness (QED) is 0.742. The highest BCUT2D eigenvalue weighted by atomic mass is 15.1. The fourth-order valence-electron chi connectivity index (χ4n) is 1.79. The van der Waals surface area contributed by atoms with Gasteiger partial charge in [-0.3, -0.25) is 0 Å². The molecule has 2 rings (SSSR count). The van der Waals surface area contributed by atoms with E-state index in [4.69, 9.17) is 0 Å². The van der Waals surface area contributed by atoms with E-state index < -0.39 is 0 Å². The second-order valence-electron chi connectivity index (χ2n) is 3.56. The first kappa shape index (κ1) is 9.40. The van der Waals surface area contributed by atoms with E-state index in [1.54, 1.807) is 0 Å². The van der Waals surface area contributed by atoms with Gasteiger partial charge >= 0.3 is 0 Å². The van der Waals surface area contributed by atoms with Gasteiger partial charge < -0.3 is 10.6 Å². The smallest absolute Gasteiger partial charge is 0.222 e. The van der Waals surface area contributed by atoms with E-state index in [0.29, 0.717) is 12.0 Å². The van der Waals surface area contributed by atoms with Crippen molar-refractivity contribution in [3.8, 4) is 0 Å². The molecule has 4 nitrogen and oxygen atoms in total. The fraction of sp³-hybridized carbons (Fsp3) is 0.600. The Morgan fingerprint density at radius 2 is 2.43 bits per heavy atom. The number of nitrogens with one attached hydrogen (secondary N) is 2. The first-order valence-electron chi connectivity index (χ1n) is 5.14. The molecule has 1 aromatic rings. The largest absolute Gasteiger partial charge is 0.357 e. The molecule has 4 heteroatoms. The molecule has 0 aliphatic carbocycles. The number of rotatable bonds is 2. The second kappa shape index (κ2) is 4.37. The molecule has 0 unspecified atom stereocenters. The Morgan fingerprint density at radius 3 is 3.14 bits per heavy atom. The Morgan fingerprint density at radius 1 is 1.50 bits per heavy atom. The standard InChI is InChI=1S/C10H16N4/c1-11-10-13-7-5-9(14-10)8-4-2-3-6-12-8/h5,7-8,12H,2-4,6H2,1H3,(H,11,13,14)/t8-/m1/s1. The van der Waals surface area contributed by atoms with Crippen molar-refractivity contribution in [2.75, 3.05) is 18.9 Å². The summed E-state index contributed by atoms with van der Waals surface area (Å²) in [7, 11) is 1.84. The Labute approximate surface area is 84.2 Å². The Bertz CT molecular complexity index is 294. The molecule has 1 aliphatic rings. The highest BCUT2D eigenvalue weighted by Gasteiger charge is 2.15. The van der Waals surface area contributed by atoms with Gasteiger partial charge in [-0.05, 0) is 25.5 Å². The molecule has 2 N–H and O–H groups in total. The van der Waals surface area contributed by atoms with Gasteiger partial charge in [0.15, 0.2) is 0 Å². The first-order chi connectivity index (χ1) is 6.90. The average Bonchev–Trinajstić information content (AvgIpc) is 2.30. The lowest BCUT2D eigenvalue weighted by Gasteiger charge is -2.22. The zero-order chi connectivity index (χ0) is 9.80. The van der Waals surface area contributed by atoms with Crippen LogP contribution >= 0.6 is 0 Å². The lowest BCUT2D eigenvalue weighted by atomic mass is 10.0. The van der Waals surface area contributed by atoms with Crippen molar-refractivity contribution >= 4 is 5.95 Å². The minimum Gasteiger partial charge on any atom is -0.357 e. The van der Waals surface area contributed by atoms with Crippen LogP contribution in [0.5, 0.6) is 0 Å². The third-order valence-corrected chi connectivity index (χ3v) is 2.57. The summed E-state index contributed by atoms with van der Waals surface area (Å²) in [6, 6.07) is 2.41. The van der Waals surface area contributed by atoms with Gasteiger partial charge in [0.2, 0.25) is 5.95 Å². The molecular formula is C10H16N4. The molecule has 0 radical (unpaired) electrons. The summed E-state index contributed by atoms with van der Waals surface area (Å²) in [5, 5.41) is 6.43. The molecule has 1 atom stereocenters. The SMILES string of the molecule is CNc1nccc([C@H]2CCCCN2)n1. The predicted molar refractivity (Wildman–Crippen MR) is 56.2 cm³/mol. The summed E-state index contributed by atoms with van der Waals surface area (Å²) in [4.78, 5) is 8.53. The monoisotopic (exact) mass is 192 g/mol. The lowest BCUT2D eigenvalue weighted by Crippen LogP contribution is -2.27. The number of hydrogen-bond acceptors (Lipinski definition) is 4. The minimum absolute atomic E-state index is 0.416. The van der Waals surface area contributed by atoms with Crippen molar-refractivity contribution < 1.29 is 0 Å². The molecule has 1 saturated heterocycles. The molecule has 0 bridgehead atoms. The van der Waals surface area contributed by atoms with Crippen LogP contribution in [0.4, 0.5) is 5.95 Å². The van der Waals surface area contributed by atoms with Gasteiger partial charge in [0.1, 0.15) is 0 Å². The van der Waals surface area contributed by atoms with Crippen molar-refractivity contribution in [1.82, 2.24) is 15.3 Å². The van der Waals surface area contributed by atoms with Crippen molar-refractivity contribution in [2.24, 2.45) is 0 Å². The number of hydrogen-bond donors (Lipinski definition) is 2. The van der Waals surface area contributed by atoms with Crippen LogP contribution in [0.1, 0.15) is 31.0 Å².